The van der Waals surface area contributed by atoms with Crippen molar-refractivity contribution >= 4 is 45.0 Å². The summed E-state index contributed by atoms with van der Waals surface area (Å²) < 4.78 is 0. The highest BCUT2D eigenvalue weighted by molar-refractivity contribution is 6.31. The van der Waals surface area contributed by atoms with E-state index in [-0.39, 0.29) is 12.3 Å². The minimum Gasteiger partial charge on any atom is -0.361 e. The molecule has 2 heterocycles. The van der Waals surface area contributed by atoms with E-state index in [2.05, 4.69) is 20.8 Å². The summed E-state index contributed by atoms with van der Waals surface area (Å²) >= 11 is 5.99. The highest BCUT2D eigenvalue weighted by Crippen LogP contribution is 2.24. The van der Waals surface area contributed by atoms with Gasteiger partial charge in [-0.15, -0.1) is 0 Å². The van der Waals surface area contributed by atoms with Crippen LogP contribution >= 0.6 is 11.6 Å². The predicted octanol–water partition coefficient (Wildman–Crippen LogP) is 4.06. The summed E-state index contributed by atoms with van der Waals surface area (Å²) in [6.07, 6.45) is 3.83. The summed E-state index contributed by atoms with van der Waals surface area (Å²) in [5, 5.41) is 2.57. The Bertz CT molecular complexity index is 1070. The molecule has 5 nitrogen and oxygen atoms in total. The van der Waals surface area contributed by atoms with Gasteiger partial charge in [-0.25, -0.2) is 0 Å². The Hall–Kier alpha value is -3.05. The molecule has 0 aliphatic carbocycles. The van der Waals surface area contributed by atoms with Crippen LogP contribution in [0.2, 0.25) is 5.02 Å². The number of carbonyl (C=O) groups excluding carboxylic acids is 1. The third kappa shape index (κ3) is 3.14. The van der Waals surface area contributed by atoms with E-state index >= 15 is 0 Å². The summed E-state index contributed by atoms with van der Waals surface area (Å²) in [6.45, 7) is 0. The molecular formula is C19H15ClN4O. The molecule has 0 aliphatic heterocycles. The maximum absolute atomic E-state index is 12.3. The number of H-pyrrole nitrogens is 1. The zero-order valence-electron chi connectivity index (χ0n) is 13.2. The van der Waals surface area contributed by atoms with E-state index in [9.17, 15) is 4.79 Å². The zero-order chi connectivity index (χ0) is 17.2. The van der Waals surface area contributed by atoms with Gasteiger partial charge in [0.1, 0.15) is 0 Å². The Kier molecular flexibility index (Phi) is 3.99. The molecule has 0 saturated heterocycles. The molecule has 1 amide bonds. The number of nitrogens with one attached hydrogen (secondary N) is 3. The van der Waals surface area contributed by atoms with Crippen molar-refractivity contribution in [2.45, 2.75) is 6.42 Å². The minimum atomic E-state index is -0.122. The molecule has 3 N–H and O–H groups in total. The Morgan fingerprint density at radius 2 is 2.00 bits per heavy atom. The van der Waals surface area contributed by atoms with Gasteiger partial charge < -0.3 is 4.98 Å². The van der Waals surface area contributed by atoms with E-state index in [0.717, 1.165) is 33.1 Å². The van der Waals surface area contributed by atoms with Crippen LogP contribution in [0.25, 0.3) is 21.8 Å². The molecular weight excluding hydrogens is 336 g/mol. The van der Waals surface area contributed by atoms with Crippen LogP contribution in [-0.4, -0.2) is 15.9 Å². The third-order valence-electron chi connectivity index (χ3n) is 4.07. The maximum atomic E-state index is 12.3. The highest BCUT2D eigenvalue weighted by atomic mass is 35.5. The number of rotatable bonds is 4. The number of amides is 1. The fourth-order valence-electron chi connectivity index (χ4n) is 2.86. The standard InChI is InChI=1S/C19H15ClN4O/c20-13-5-6-15-17(7-8-21-18(15)10-13)23-24-19(25)9-12-11-22-16-4-2-1-3-14(12)16/h1-8,10-11,22H,9H2,(H,21,23)(H,24,25). The first-order valence-corrected chi connectivity index (χ1v) is 8.22. The first-order valence-electron chi connectivity index (χ1n) is 7.85. The fourth-order valence-corrected chi connectivity index (χ4v) is 3.03. The van der Waals surface area contributed by atoms with Crippen molar-refractivity contribution in [1.82, 2.24) is 15.4 Å². The average molecular weight is 351 g/mol. The van der Waals surface area contributed by atoms with Gasteiger partial charge in [0.05, 0.1) is 17.6 Å². The second-order valence-electron chi connectivity index (χ2n) is 5.73. The van der Waals surface area contributed by atoms with Crippen molar-refractivity contribution < 1.29 is 4.79 Å². The number of benzene rings is 2. The molecule has 0 fully saturated rings. The van der Waals surface area contributed by atoms with Gasteiger partial charge in [-0.05, 0) is 35.9 Å². The lowest BCUT2D eigenvalue weighted by Crippen LogP contribution is -2.30. The largest absolute Gasteiger partial charge is 0.361 e. The summed E-state index contributed by atoms with van der Waals surface area (Å²) in [5.41, 5.74) is 9.24. The second-order valence-corrected chi connectivity index (χ2v) is 6.17. The quantitative estimate of drug-likeness (QED) is 0.486. The number of hydrogen-bond acceptors (Lipinski definition) is 3. The number of hydrazine groups is 1. The van der Waals surface area contributed by atoms with Crippen LogP contribution in [0.15, 0.2) is 60.9 Å². The van der Waals surface area contributed by atoms with Crippen molar-refractivity contribution in [2.24, 2.45) is 0 Å². The lowest BCUT2D eigenvalue weighted by atomic mass is 10.1. The van der Waals surface area contributed by atoms with Gasteiger partial charge in [0, 0.05) is 33.7 Å². The SMILES string of the molecule is O=C(Cc1c[nH]c2ccccc12)NNc1ccnc2cc(Cl)ccc12. The number of halogens is 1. The van der Waals surface area contributed by atoms with Crippen LogP contribution in [0.1, 0.15) is 5.56 Å². The molecule has 0 bridgehead atoms. The third-order valence-corrected chi connectivity index (χ3v) is 4.30. The molecule has 124 valence electrons. The number of aromatic nitrogens is 2. The molecule has 2 aromatic heterocycles. The number of anilines is 1. The number of fused-ring (bicyclic) bond motifs is 2. The van der Waals surface area contributed by atoms with E-state index in [4.69, 9.17) is 11.6 Å². The van der Waals surface area contributed by atoms with E-state index in [1.165, 1.54) is 0 Å². The van der Waals surface area contributed by atoms with Crippen LogP contribution in [0, 0.1) is 0 Å². The Labute approximate surface area is 149 Å². The van der Waals surface area contributed by atoms with Crippen molar-refractivity contribution in [3.05, 3.63) is 71.5 Å². The lowest BCUT2D eigenvalue weighted by Gasteiger charge is -2.11. The van der Waals surface area contributed by atoms with Gasteiger partial charge in [-0.2, -0.15) is 0 Å². The Balaban J connectivity index is 1.49. The van der Waals surface area contributed by atoms with E-state index in [0.29, 0.717) is 5.02 Å². The molecule has 0 unspecified atom stereocenters. The van der Waals surface area contributed by atoms with Crippen molar-refractivity contribution in [2.75, 3.05) is 5.43 Å². The lowest BCUT2D eigenvalue weighted by molar-refractivity contribution is -0.119. The molecule has 2 aromatic carbocycles. The number of hydrogen-bond donors (Lipinski definition) is 3. The van der Waals surface area contributed by atoms with Crippen LogP contribution in [0.4, 0.5) is 5.69 Å². The topological polar surface area (TPSA) is 69.8 Å². The zero-order valence-corrected chi connectivity index (χ0v) is 14.0. The normalized spacial score (nSPS) is 10.9. The first-order chi connectivity index (χ1) is 12.2. The molecule has 0 aliphatic rings. The van der Waals surface area contributed by atoms with Gasteiger partial charge >= 0.3 is 0 Å². The maximum Gasteiger partial charge on any atom is 0.242 e. The van der Waals surface area contributed by atoms with E-state index in [1.807, 2.05) is 42.6 Å². The highest BCUT2D eigenvalue weighted by Gasteiger charge is 2.09. The van der Waals surface area contributed by atoms with Crippen molar-refractivity contribution in [3.8, 4) is 0 Å². The molecule has 0 radical (unpaired) electrons. The molecule has 4 rings (SSSR count). The molecule has 0 atom stereocenters. The fraction of sp³-hybridized carbons (Fsp3) is 0.0526. The minimum absolute atomic E-state index is 0.122. The van der Waals surface area contributed by atoms with Crippen LogP contribution in [-0.2, 0) is 11.2 Å². The molecule has 6 heteroatoms. The monoisotopic (exact) mass is 350 g/mol. The Morgan fingerprint density at radius 3 is 2.92 bits per heavy atom. The summed E-state index contributed by atoms with van der Waals surface area (Å²) in [7, 11) is 0. The van der Waals surface area contributed by atoms with Crippen LogP contribution in [0.5, 0.6) is 0 Å². The number of pyridine rings is 1. The first kappa shape index (κ1) is 15.5. The van der Waals surface area contributed by atoms with Crippen molar-refractivity contribution in [3.63, 3.8) is 0 Å². The number of aromatic amines is 1. The number of carbonyl (C=O) groups is 1. The average Bonchev–Trinajstić information content (AvgIpc) is 3.02. The number of nitrogens with zero attached hydrogens (tertiary/aromatic N) is 1. The van der Waals surface area contributed by atoms with Gasteiger partial charge in [-0.1, -0.05) is 29.8 Å². The number of para-hydroxylation sites is 1. The summed E-state index contributed by atoms with van der Waals surface area (Å²) in [4.78, 5) is 19.8. The van der Waals surface area contributed by atoms with Crippen molar-refractivity contribution in [1.29, 1.82) is 0 Å². The molecule has 25 heavy (non-hydrogen) atoms. The van der Waals surface area contributed by atoms with Gasteiger partial charge in [0.25, 0.3) is 0 Å². The molecule has 0 saturated carbocycles. The van der Waals surface area contributed by atoms with Gasteiger partial charge in [0.15, 0.2) is 0 Å². The van der Waals surface area contributed by atoms with Crippen LogP contribution < -0.4 is 10.9 Å². The second kappa shape index (κ2) is 6.45. The van der Waals surface area contributed by atoms with E-state index in [1.54, 1.807) is 18.3 Å². The summed E-state index contributed by atoms with van der Waals surface area (Å²) in [6, 6.07) is 15.2. The summed E-state index contributed by atoms with van der Waals surface area (Å²) in [5.74, 6) is -0.122. The smallest absolute Gasteiger partial charge is 0.242 e. The van der Waals surface area contributed by atoms with Crippen LogP contribution in [0.3, 0.4) is 0 Å². The predicted molar refractivity (Wildman–Crippen MR) is 101 cm³/mol. The van der Waals surface area contributed by atoms with E-state index < -0.39 is 0 Å². The van der Waals surface area contributed by atoms with Gasteiger partial charge in [-0.3, -0.25) is 20.6 Å². The molecule has 0 spiro atoms. The Morgan fingerprint density at radius 1 is 1.12 bits per heavy atom. The van der Waals surface area contributed by atoms with Gasteiger partial charge in [0.2, 0.25) is 5.91 Å². The molecule has 4 aromatic rings.